The molecule has 0 aromatic heterocycles. The van der Waals surface area contributed by atoms with E-state index in [1.807, 2.05) is 0 Å². The van der Waals surface area contributed by atoms with Crippen molar-refractivity contribution in [2.75, 3.05) is 13.2 Å². The molecule has 0 fully saturated rings. The summed E-state index contributed by atoms with van der Waals surface area (Å²) in [6.07, 6.45) is 2.41. The van der Waals surface area contributed by atoms with Crippen LogP contribution in [0.3, 0.4) is 0 Å². The van der Waals surface area contributed by atoms with Crippen LogP contribution in [-0.4, -0.2) is 13.2 Å². The average Bonchev–Trinajstić information content (AvgIpc) is 2.36. The van der Waals surface area contributed by atoms with Crippen LogP contribution in [0.1, 0.15) is 44.7 Å². The van der Waals surface area contributed by atoms with Gasteiger partial charge in [0.25, 0.3) is 0 Å². The van der Waals surface area contributed by atoms with Crippen LogP contribution in [0.4, 0.5) is 0 Å². The van der Waals surface area contributed by atoms with Gasteiger partial charge in [0.05, 0.1) is 6.61 Å². The molecule has 1 aromatic carbocycles. The first-order valence-corrected chi connectivity index (χ1v) is 7.09. The molecule has 0 spiro atoms. The third-order valence-corrected chi connectivity index (χ3v) is 3.01. The van der Waals surface area contributed by atoms with E-state index < -0.39 is 0 Å². The number of hydrogen-bond acceptors (Lipinski definition) is 2. The summed E-state index contributed by atoms with van der Waals surface area (Å²) in [6.45, 7) is 10.2. The van der Waals surface area contributed by atoms with Crippen molar-refractivity contribution in [3.63, 3.8) is 0 Å². The van der Waals surface area contributed by atoms with Crippen molar-refractivity contribution < 1.29 is 4.74 Å². The summed E-state index contributed by atoms with van der Waals surface area (Å²) in [5.41, 5.74) is 2.66. The van der Waals surface area contributed by atoms with Crippen molar-refractivity contribution in [2.45, 2.75) is 46.8 Å². The third-order valence-electron chi connectivity index (χ3n) is 3.01. The summed E-state index contributed by atoms with van der Waals surface area (Å²) >= 11 is 0. The monoisotopic (exact) mass is 249 g/mol. The Kier molecular flexibility index (Phi) is 7.70. The first kappa shape index (κ1) is 15.2. The van der Waals surface area contributed by atoms with Gasteiger partial charge in [0.2, 0.25) is 0 Å². The van der Waals surface area contributed by atoms with E-state index in [4.69, 9.17) is 4.74 Å². The molecule has 0 saturated heterocycles. The third kappa shape index (κ3) is 6.18. The van der Waals surface area contributed by atoms with Crippen molar-refractivity contribution in [1.82, 2.24) is 5.32 Å². The molecule has 102 valence electrons. The molecule has 0 bridgehead atoms. The van der Waals surface area contributed by atoms with Gasteiger partial charge in [-0.15, -0.1) is 0 Å². The molecule has 0 radical (unpaired) electrons. The quantitative estimate of drug-likeness (QED) is 0.673. The highest BCUT2D eigenvalue weighted by Crippen LogP contribution is 2.11. The van der Waals surface area contributed by atoms with Crippen LogP contribution in [-0.2, 0) is 17.9 Å². The van der Waals surface area contributed by atoms with Gasteiger partial charge in [0.1, 0.15) is 0 Å². The number of nitrogens with one attached hydrogen (secondary N) is 1. The SMILES string of the molecule is CCNCc1ccccc1COCCCC(C)C. The maximum atomic E-state index is 5.76. The van der Waals surface area contributed by atoms with Gasteiger partial charge < -0.3 is 10.1 Å². The normalized spacial score (nSPS) is 11.1. The van der Waals surface area contributed by atoms with E-state index in [1.165, 1.54) is 17.5 Å². The van der Waals surface area contributed by atoms with Crippen LogP contribution < -0.4 is 5.32 Å². The van der Waals surface area contributed by atoms with Crippen molar-refractivity contribution in [3.8, 4) is 0 Å². The van der Waals surface area contributed by atoms with E-state index in [-0.39, 0.29) is 0 Å². The van der Waals surface area contributed by atoms with Crippen molar-refractivity contribution in [3.05, 3.63) is 35.4 Å². The summed E-state index contributed by atoms with van der Waals surface area (Å²) in [5.74, 6) is 0.773. The number of benzene rings is 1. The molecule has 18 heavy (non-hydrogen) atoms. The molecule has 0 unspecified atom stereocenters. The van der Waals surface area contributed by atoms with Gasteiger partial charge >= 0.3 is 0 Å². The molecular formula is C16H27NO. The Morgan fingerprint density at radius 2 is 1.89 bits per heavy atom. The number of hydrogen-bond donors (Lipinski definition) is 1. The molecule has 0 aliphatic heterocycles. The highest BCUT2D eigenvalue weighted by Gasteiger charge is 2.01. The van der Waals surface area contributed by atoms with Gasteiger partial charge in [-0.1, -0.05) is 45.0 Å². The zero-order valence-electron chi connectivity index (χ0n) is 12.0. The van der Waals surface area contributed by atoms with E-state index in [0.717, 1.165) is 38.6 Å². The van der Waals surface area contributed by atoms with Crippen LogP contribution in [0.2, 0.25) is 0 Å². The highest BCUT2D eigenvalue weighted by atomic mass is 16.5. The zero-order valence-corrected chi connectivity index (χ0v) is 12.0. The van der Waals surface area contributed by atoms with Gasteiger partial charge in [0, 0.05) is 13.2 Å². The molecule has 2 heteroatoms. The minimum atomic E-state index is 0.736. The molecule has 0 saturated carbocycles. The maximum absolute atomic E-state index is 5.76. The summed E-state index contributed by atoms with van der Waals surface area (Å²) in [5, 5.41) is 3.37. The fourth-order valence-corrected chi connectivity index (χ4v) is 1.91. The lowest BCUT2D eigenvalue weighted by Gasteiger charge is -2.11. The van der Waals surface area contributed by atoms with E-state index in [2.05, 4.69) is 50.4 Å². The Morgan fingerprint density at radius 3 is 2.56 bits per heavy atom. The second kappa shape index (κ2) is 9.12. The smallest absolute Gasteiger partial charge is 0.0720 e. The van der Waals surface area contributed by atoms with Crippen LogP contribution in [0.5, 0.6) is 0 Å². The predicted molar refractivity (Wildman–Crippen MR) is 77.6 cm³/mol. The van der Waals surface area contributed by atoms with Crippen molar-refractivity contribution >= 4 is 0 Å². The Bertz CT molecular complexity index is 323. The molecule has 1 N–H and O–H groups in total. The zero-order chi connectivity index (χ0) is 13.2. The molecule has 0 amide bonds. The largest absolute Gasteiger partial charge is 0.377 e. The second-order valence-electron chi connectivity index (χ2n) is 5.14. The molecule has 0 heterocycles. The first-order chi connectivity index (χ1) is 8.74. The molecule has 0 aliphatic carbocycles. The first-order valence-electron chi connectivity index (χ1n) is 7.09. The maximum Gasteiger partial charge on any atom is 0.0720 e. The molecule has 0 atom stereocenters. The van der Waals surface area contributed by atoms with E-state index >= 15 is 0 Å². The van der Waals surface area contributed by atoms with Gasteiger partial charge in [-0.05, 0) is 36.4 Å². The Labute approximate surface area is 112 Å². The average molecular weight is 249 g/mol. The van der Waals surface area contributed by atoms with E-state index in [0.29, 0.717) is 0 Å². The number of ether oxygens (including phenoxy) is 1. The lowest BCUT2D eigenvalue weighted by atomic mass is 10.1. The van der Waals surface area contributed by atoms with Crippen molar-refractivity contribution in [1.29, 1.82) is 0 Å². The Morgan fingerprint density at radius 1 is 1.17 bits per heavy atom. The minimum absolute atomic E-state index is 0.736. The molecule has 1 rings (SSSR count). The van der Waals surface area contributed by atoms with Crippen LogP contribution >= 0.6 is 0 Å². The Hall–Kier alpha value is -0.860. The molecule has 1 aromatic rings. The summed E-state index contributed by atoms with van der Waals surface area (Å²) in [7, 11) is 0. The number of rotatable bonds is 9. The van der Waals surface area contributed by atoms with Gasteiger partial charge in [-0.2, -0.15) is 0 Å². The van der Waals surface area contributed by atoms with Crippen LogP contribution in [0.25, 0.3) is 0 Å². The van der Waals surface area contributed by atoms with Gasteiger partial charge in [0.15, 0.2) is 0 Å². The molecule has 0 aliphatic rings. The Balaban J connectivity index is 2.32. The fraction of sp³-hybridized carbons (Fsp3) is 0.625. The lowest BCUT2D eigenvalue weighted by Crippen LogP contribution is -2.13. The predicted octanol–water partition coefficient (Wildman–Crippen LogP) is 3.75. The standard InChI is InChI=1S/C16H27NO/c1-4-17-12-15-9-5-6-10-16(15)13-18-11-7-8-14(2)3/h5-6,9-10,14,17H,4,7-8,11-13H2,1-3H3. The molecule has 2 nitrogen and oxygen atoms in total. The fourth-order valence-electron chi connectivity index (χ4n) is 1.91. The van der Waals surface area contributed by atoms with Crippen LogP contribution in [0, 0.1) is 5.92 Å². The lowest BCUT2D eigenvalue weighted by molar-refractivity contribution is 0.114. The second-order valence-corrected chi connectivity index (χ2v) is 5.14. The minimum Gasteiger partial charge on any atom is -0.377 e. The highest BCUT2D eigenvalue weighted by molar-refractivity contribution is 5.26. The van der Waals surface area contributed by atoms with Gasteiger partial charge in [-0.25, -0.2) is 0 Å². The summed E-state index contributed by atoms with van der Waals surface area (Å²) in [6, 6.07) is 8.52. The van der Waals surface area contributed by atoms with Gasteiger partial charge in [-0.3, -0.25) is 0 Å². The van der Waals surface area contributed by atoms with E-state index in [9.17, 15) is 0 Å². The summed E-state index contributed by atoms with van der Waals surface area (Å²) < 4.78 is 5.76. The van der Waals surface area contributed by atoms with Crippen molar-refractivity contribution in [2.24, 2.45) is 5.92 Å². The van der Waals surface area contributed by atoms with E-state index in [1.54, 1.807) is 0 Å². The topological polar surface area (TPSA) is 21.3 Å². The molecular weight excluding hydrogens is 222 g/mol. The van der Waals surface area contributed by atoms with Crippen LogP contribution in [0.15, 0.2) is 24.3 Å². The summed E-state index contributed by atoms with van der Waals surface area (Å²) in [4.78, 5) is 0.